The highest BCUT2D eigenvalue weighted by Gasteiger charge is 2.28. The van der Waals surface area contributed by atoms with E-state index >= 15 is 0 Å². The van der Waals surface area contributed by atoms with Crippen LogP contribution in [0.4, 0.5) is 13.2 Å². The number of hydrogen-bond acceptors (Lipinski definition) is 2. The van der Waals surface area contributed by atoms with Crippen molar-refractivity contribution in [2.45, 2.75) is 19.6 Å². The Morgan fingerprint density at radius 1 is 1.32 bits per heavy atom. The normalized spacial score (nSPS) is 11.9. The van der Waals surface area contributed by atoms with Crippen molar-refractivity contribution in [2.24, 2.45) is 4.99 Å². The van der Waals surface area contributed by atoms with Crippen LogP contribution >= 0.6 is 0 Å². The van der Waals surface area contributed by atoms with E-state index in [2.05, 4.69) is 22.2 Å². The van der Waals surface area contributed by atoms with Crippen molar-refractivity contribution in [3.63, 3.8) is 0 Å². The third-order valence-electron chi connectivity index (χ3n) is 2.53. The minimum Gasteiger partial charge on any atom is -0.484 e. The Morgan fingerprint density at radius 3 is 2.68 bits per heavy atom. The van der Waals surface area contributed by atoms with Gasteiger partial charge in [-0.05, 0) is 13.0 Å². The van der Waals surface area contributed by atoms with Gasteiger partial charge in [-0.25, -0.2) is 4.99 Å². The topological polar surface area (TPSA) is 45.7 Å². The van der Waals surface area contributed by atoms with E-state index in [0.717, 1.165) is 0 Å². The van der Waals surface area contributed by atoms with Crippen LogP contribution in [-0.4, -0.2) is 31.8 Å². The fourth-order valence-corrected chi connectivity index (χ4v) is 1.61. The lowest BCUT2D eigenvalue weighted by molar-refractivity contribution is -0.153. The summed E-state index contributed by atoms with van der Waals surface area (Å²) in [7, 11) is 0. The molecule has 1 rings (SSSR count). The molecule has 122 valence electrons. The minimum absolute atomic E-state index is 0.183. The molecule has 0 heterocycles. The van der Waals surface area contributed by atoms with Crippen LogP contribution in [0.5, 0.6) is 5.75 Å². The van der Waals surface area contributed by atoms with Gasteiger partial charge in [0.2, 0.25) is 0 Å². The lowest BCUT2D eigenvalue weighted by Crippen LogP contribution is -2.37. The van der Waals surface area contributed by atoms with Crippen LogP contribution in [0.25, 0.3) is 0 Å². The summed E-state index contributed by atoms with van der Waals surface area (Å²) in [5.41, 5.74) is 0.586. The maximum atomic E-state index is 12.2. The molecule has 0 spiro atoms. The van der Waals surface area contributed by atoms with Gasteiger partial charge in [0.05, 0.1) is 6.54 Å². The maximum Gasteiger partial charge on any atom is 0.422 e. The predicted octanol–water partition coefficient (Wildman–Crippen LogP) is 2.87. The number of aliphatic imine (C=N–C) groups is 1. The number of benzene rings is 1. The average Bonchev–Trinajstić information content (AvgIpc) is 2.48. The summed E-state index contributed by atoms with van der Waals surface area (Å²) < 4.78 is 41.6. The van der Waals surface area contributed by atoms with Crippen LogP contribution in [-0.2, 0) is 6.54 Å². The lowest BCUT2D eigenvalue weighted by atomic mass is 10.2. The summed E-state index contributed by atoms with van der Waals surface area (Å²) in [5.74, 6) is 0.746. The van der Waals surface area contributed by atoms with E-state index in [1.165, 1.54) is 6.07 Å². The number of halogens is 3. The summed E-state index contributed by atoms with van der Waals surface area (Å²) in [6.45, 7) is 5.63. The smallest absolute Gasteiger partial charge is 0.422 e. The van der Waals surface area contributed by atoms with Gasteiger partial charge in [-0.3, -0.25) is 0 Å². The Morgan fingerprint density at radius 2 is 2.05 bits per heavy atom. The largest absolute Gasteiger partial charge is 0.484 e. The van der Waals surface area contributed by atoms with Gasteiger partial charge in [0.25, 0.3) is 0 Å². The third kappa shape index (κ3) is 7.01. The Hall–Kier alpha value is -2.18. The van der Waals surface area contributed by atoms with Gasteiger partial charge in [0.15, 0.2) is 12.6 Å². The van der Waals surface area contributed by atoms with E-state index in [4.69, 9.17) is 4.74 Å². The summed E-state index contributed by atoms with van der Waals surface area (Å²) in [5, 5.41) is 6.05. The van der Waals surface area contributed by atoms with Crippen molar-refractivity contribution in [2.75, 3.05) is 19.7 Å². The first-order valence-electron chi connectivity index (χ1n) is 6.86. The van der Waals surface area contributed by atoms with E-state index in [0.29, 0.717) is 24.6 Å². The van der Waals surface area contributed by atoms with Crippen molar-refractivity contribution in [3.05, 3.63) is 42.5 Å². The van der Waals surface area contributed by atoms with E-state index in [1.807, 2.05) is 6.92 Å². The fraction of sp³-hybridized carbons (Fsp3) is 0.400. The molecule has 0 aliphatic carbocycles. The van der Waals surface area contributed by atoms with Crippen LogP contribution in [0.1, 0.15) is 12.5 Å². The molecule has 0 atom stereocenters. The molecule has 0 aliphatic heterocycles. The molecule has 0 amide bonds. The first-order chi connectivity index (χ1) is 10.5. The molecule has 0 aromatic heterocycles. The van der Waals surface area contributed by atoms with Crippen LogP contribution in [0.3, 0.4) is 0 Å². The first kappa shape index (κ1) is 17.9. The summed E-state index contributed by atoms with van der Waals surface area (Å²) in [6.07, 6.45) is -2.68. The minimum atomic E-state index is -4.36. The highest BCUT2D eigenvalue weighted by atomic mass is 19.4. The quantitative estimate of drug-likeness (QED) is 0.462. The molecule has 0 saturated heterocycles. The number of para-hydroxylation sites is 1. The SMILES string of the molecule is C=CCNC(=NCc1ccccc1OCC(F)(F)F)NCC. The molecule has 1 aromatic rings. The Labute approximate surface area is 128 Å². The zero-order valence-electron chi connectivity index (χ0n) is 12.4. The number of guanidine groups is 1. The summed E-state index contributed by atoms with van der Waals surface area (Å²) >= 11 is 0. The van der Waals surface area contributed by atoms with Crippen LogP contribution < -0.4 is 15.4 Å². The highest BCUT2D eigenvalue weighted by Crippen LogP contribution is 2.22. The number of nitrogens with one attached hydrogen (secondary N) is 2. The van der Waals surface area contributed by atoms with Crippen LogP contribution in [0.15, 0.2) is 41.9 Å². The molecule has 1 aromatic carbocycles. The number of ether oxygens (including phenoxy) is 1. The van der Waals surface area contributed by atoms with Crippen molar-refractivity contribution < 1.29 is 17.9 Å². The number of nitrogens with zero attached hydrogens (tertiary/aromatic N) is 1. The monoisotopic (exact) mass is 315 g/mol. The van der Waals surface area contributed by atoms with Gasteiger partial charge in [0, 0.05) is 18.7 Å². The lowest BCUT2D eigenvalue weighted by Gasteiger charge is -2.13. The molecule has 0 bridgehead atoms. The fourth-order valence-electron chi connectivity index (χ4n) is 1.61. The second-order valence-electron chi connectivity index (χ2n) is 4.38. The highest BCUT2D eigenvalue weighted by molar-refractivity contribution is 5.79. The number of alkyl halides is 3. The molecule has 22 heavy (non-hydrogen) atoms. The average molecular weight is 315 g/mol. The maximum absolute atomic E-state index is 12.2. The Kier molecular flexibility index (Phi) is 7.28. The summed E-state index contributed by atoms with van der Waals surface area (Å²) in [4.78, 5) is 4.31. The van der Waals surface area contributed by atoms with Crippen molar-refractivity contribution in [3.8, 4) is 5.75 Å². The first-order valence-corrected chi connectivity index (χ1v) is 6.86. The molecule has 0 unspecified atom stereocenters. The molecule has 0 aliphatic rings. The van der Waals surface area contributed by atoms with E-state index in [9.17, 15) is 13.2 Å². The van der Waals surface area contributed by atoms with Crippen molar-refractivity contribution in [1.82, 2.24) is 10.6 Å². The van der Waals surface area contributed by atoms with Crippen LogP contribution in [0, 0.1) is 0 Å². The van der Waals surface area contributed by atoms with Gasteiger partial charge in [0.1, 0.15) is 5.75 Å². The molecule has 2 N–H and O–H groups in total. The van der Waals surface area contributed by atoms with E-state index < -0.39 is 12.8 Å². The Balaban J connectivity index is 2.76. The van der Waals surface area contributed by atoms with Crippen molar-refractivity contribution in [1.29, 1.82) is 0 Å². The standard InChI is InChI=1S/C15H20F3N3O/c1-3-9-20-14(19-4-2)21-10-12-7-5-6-8-13(12)22-11-15(16,17)18/h3,5-8H,1,4,9-11H2,2H3,(H2,19,20,21). The molecule has 0 saturated carbocycles. The zero-order chi connectivity index (χ0) is 16.4. The zero-order valence-corrected chi connectivity index (χ0v) is 12.4. The third-order valence-corrected chi connectivity index (χ3v) is 2.53. The molecule has 0 radical (unpaired) electrons. The van der Waals surface area contributed by atoms with Gasteiger partial charge >= 0.3 is 6.18 Å². The molecular formula is C15H20F3N3O. The number of rotatable bonds is 7. The van der Waals surface area contributed by atoms with E-state index in [1.54, 1.807) is 24.3 Å². The van der Waals surface area contributed by atoms with E-state index in [-0.39, 0.29) is 12.3 Å². The molecular weight excluding hydrogens is 295 g/mol. The predicted molar refractivity (Wildman–Crippen MR) is 81.0 cm³/mol. The summed E-state index contributed by atoms with van der Waals surface area (Å²) in [6, 6.07) is 6.54. The van der Waals surface area contributed by atoms with Gasteiger partial charge < -0.3 is 15.4 Å². The van der Waals surface area contributed by atoms with Crippen LogP contribution in [0.2, 0.25) is 0 Å². The van der Waals surface area contributed by atoms with Gasteiger partial charge in [-0.2, -0.15) is 13.2 Å². The van der Waals surface area contributed by atoms with Gasteiger partial charge in [-0.15, -0.1) is 6.58 Å². The van der Waals surface area contributed by atoms with Crippen molar-refractivity contribution >= 4 is 5.96 Å². The Bertz CT molecular complexity index is 501. The number of hydrogen-bond donors (Lipinski definition) is 2. The van der Waals surface area contributed by atoms with Gasteiger partial charge in [-0.1, -0.05) is 24.3 Å². The molecule has 0 fully saturated rings. The second kappa shape index (κ2) is 8.96. The molecule has 4 nitrogen and oxygen atoms in total. The molecule has 7 heteroatoms. The second-order valence-corrected chi connectivity index (χ2v) is 4.38.